The largest absolute Gasteiger partial charge is 0.466 e. The molecule has 2 aromatic rings. The van der Waals surface area contributed by atoms with E-state index in [-0.39, 0.29) is 29.9 Å². The standard InChI is InChI=1S/C14H18N6O3S2/c1-3-23-11(21)4-8-6-24-13(17-8)20-12(22)7(2)25-14-18-9(15)5-10(16)19-14/h5-7H,3-4H2,1-2H3,(H,17,20,22)(H4,15,16,18,19). The number of rotatable bonds is 7. The van der Waals surface area contributed by atoms with Gasteiger partial charge in [0.25, 0.3) is 0 Å². The number of nitrogens with zero attached hydrogens (tertiary/aromatic N) is 3. The summed E-state index contributed by atoms with van der Waals surface area (Å²) in [5.41, 5.74) is 11.8. The molecular formula is C14H18N6O3S2. The van der Waals surface area contributed by atoms with Gasteiger partial charge in [-0.1, -0.05) is 11.8 Å². The maximum Gasteiger partial charge on any atom is 0.311 e. The molecule has 9 nitrogen and oxygen atoms in total. The van der Waals surface area contributed by atoms with Gasteiger partial charge in [0.1, 0.15) is 11.6 Å². The molecular weight excluding hydrogens is 364 g/mol. The smallest absolute Gasteiger partial charge is 0.311 e. The van der Waals surface area contributed by atoms with E-state index in [1.54, 1.807) is 19.2 Å². The molecule has 1 amide bonds. The maximum absolute atomic E-state index is 12.2. The van der Waals surface area contributed by atoms with Crippen LogP contribution in [0.4, 0.5) is 16.8 Å². The number of aromatic nitrogens is 3. The Kier molecular flexibility index (Phi) is 6.53. The van der Waals surface area contributed by atoms with E-state index in [4.69, 9.17) is 16.2 Å². The van der Waals surface area contributed by atoms with Crippen LogP contribution in [0.15, 0.2) is 16.6 Å². The Labute approximate surface area is 152 Å². The first-order chi connectivity index (χ1) is 11.9. The number of ether oxygens (including phenoxy) is 1. The maximum atomic E-state index is 12.2. The molecule has 2 aromatic heterocycles. The summed E-state index contributed by atoms with van der Waals surface area (Å²) in [5, 5.41) is 4.64. The number of esters is 1. The second-order valence-electron chi connectivity index (χ2n) is 4.88. The minimum absolute atomic E-state index is 0.0704. The molecule has 134 valence electrons. The van der Waals surface area contributed by atoms with Gasteiger partial charge in [-0.25, -0.2) is 15.0 Å². The summed E-state index contributed by atoms with van der Waals surface area (Å²) in [5.74, 6) is -0.144. The second kappa shape index (κ2) is 8.62. The van der Waals surface area contributed by atoms with Crippen molar-refractivity contribution in [3.8, 4) is 0 Å². The third kappa shape index (κ3) is 5.87. The Hall–Kier alpha value is -2.40. The molecule has 0 aromatic carbocycles. The van der Waals surface area contributed by atoms with Gasteiger partial charge in [0.05, 0.1) is 24.0 Å². The van der Waals surface area contributed by atoms with E-state index in [2.05, 4.69) is 20.3 Å². The van der Waals surface area contributed by atoms with Crippen LogP contribution in [0.2, 0.25) is 0 Å². The minimum Gasteiger partial charge on any atom is -0.466 e. The van der Waals surface area contributed by atoms with Crippen molar-refractivity contribution < 1.29 is 14.3 Å². The van der Waals surface area contributed by atoms with Crippen LogP contribution in [0.3, 0.4) is 0 Å². The molecule has 0 radical (unpaired) electrons. The highest BCUT2D eigenvalue weighted by molar-refractivity contribution is 8.00. The minimum atomic E-state index is -0.487. The molecule has 5 N–H and O–H groups in total. The molecule has 0 saturated heterocycles. The van der Waals surface area contributed by atoms with E-state index in [1.165, 1.54) is 17.4 Å². The van der Waals surface area contributed by atoms with Gasteiger partial charge >= 0.3 is 5.97 Å². The number of hydrogen-bond acceptors (Lipinski definition) is 10. The summed E-state index contributed by atoms with van der Waals surface area (Å²) in [7, 11) is 0. The van der Waals surface area contributed by atoms with Gasteiger partial charge in [0.15, 0.2) is 10.3 Å². The van der Waals surface area contributed by atoms with Crippen LogP contribution in [-0.2, 0) is 20.7 Å². The van der Waals surface area contributed by atoms with Gasteiger partial charge in [-0.2, -0.15) is 0 Å². The van der Waals surface area contributed by atoms with Gasteiger partial charge in [0.2, 0.25) is 5.91 Å². The van der Waals surface area contributed by atoms with Crippen LogP contribution >= 0.6 is 23.1 Å². The van der Waals surface area contributed by atoms with Crippen LogP contribution in [0.5, 0.6) is 0 Å². The molecule has 25 heavy (non-hydrogen) atoms. The lowest BCUT2D eigenvalue weighted by atomic mass is 10.3. The zero-order valence-corrected chi connectivity index (χ0v) is 15.3. The molecule has 0 bridgehead atoms. The molecule has 0 saturated carbocycles. The zero-order valence-electron chi connectivity index (χ0n) is 13.7. The number of nitrogen functional groups attached to an aromatic ring is 2. The lowest BCUT2D eigenvalue weighted by molar-refractivity contribution is -0.142. The van der Waals surface area contributed by atoms with Gasteiger partial charge in [-0.05, 0) is 13.8 Å². The van der Waals surface area contributed by atoms with E-state index in [9.17, 15) is 9.59 Å². The molecule has 2 rings (SSSR count). The van der Waals surface area contributed by atoms with Crippen molar-refractivity contribution in [3.05, 3.63) is 17.1 Å². The molecule has 1 atom stereocenters. The number of thioether (sulfide) groups is 1. The third-order valence-corrected chi connectivity index (χ3v) is 4.58. The molecule has 11 heteroatoms. The lowest BCUT2D eigenvalue weighted by Gasteiger charge is -2.09. The van der Waals surface area contributed by atoms with E-state index in [0.717, 1.165) is 11.8 Å². The van der Waals surface area contributed by atoms with Crippen molar-refractivity contribution in [1.29, 1.82) is 0 Å². The summed E-state index contributed by atoms with van der Waals surface area (Å²) in [4.78, 5) is 35.9. The normalized spacial score (nSPS) is 11.8. The SMILES string of the molecule is CCOC(=O)Cc1csc(NC(=O)C(C)Sc2nc(N)cc(N)n2)n1. The molecule has 0 aliphatic rings. The fourth-order valence-corrected chi connectivity index (χ4v) is 3.25. The topological polar surface area (TPSA) is 146 Å². The average Bonchev–Trinajstić information content (AvgIpc) is 2.93. The zero-order chi connectivity index (χ0) is 18.4. The highest BCUT2D eigenvalue weighted by Crippen LogP contribution is 2.23. The highest BCUT2D eigenvalue weighted by Gasteiger charge is 2.18. The molecule has 2 heterocycles. The molecule has 0 aliphatic heterocycles. The van der Waals surface area contributed by atoms with Gasteiger partial charge in [-0.3, -0.25) is 9.59 Å². The number of carbonyl (C=O) groups excluding carboxylic acids is 2. The first-order valence-corrected chi connectivity index (χ1v) is 9.11. The monoisotopic (exact) mass is 382 g/mol. The highest BCUT2D eigenvalue weighted by atomic mass is 32.2. The Morgan fingerprint density at radius 3 is 2.64 bits per heavy atom. The summed E-state index contributed by atoms with van der Waals surface area (Å²) in [6.45, 7) is 3.76. The quantitative estimate of drug-likeness (QED) is 0.366. The van der Waals surface area contributed by atoms with Crippen molar-refractivity contribution >= 4 is 51.7 Å². The Morgan fingerprint density at radius 1 is 1.32 bits per heavy atom. The number of anilines is 3. The Bertz CT molecular complexity index is 747. The van der Waals surface area contributed by atoms with Gasteiger partial charge in [-0.15, -0.1) is 11.3 Å². The molecule has 0 spiro atoms. The first-order valence-electron chi connectivity index (χ1n) is 7.35. The number of amides is 1. The first kappa shape index (κ1) is 18.9. The Morgan fingerprint density at radius 2 is 2.00 bits per heavy atom. The predicted octanol–water partition coefficient (Wildman–Crippen LogP) is 1.32. The van der Waals surface area contributed by atoms with Crippen molar-refractivity contribution in [2.45, 2.75) is 30.7 Å². The molecule has 0 fully saturated rings. The van der Waals surface area contributed by atoms with Gasteiger partial charge in [0, 0.05) is 11.4 Å². The molecule has 0 aliphatic carbocycles. The van der Waals surface area contributed by atoms with Gasteiger partial charge < -0.3 is 21.5 Å². The van der Waals surface area contributed by atoms with Crippen LogP contribution in [0.25, 0.3) is 0 Å². The fourth-order valence-electron chi connectivity index (χ4n) is 1.74. The van der Waals surface area contributed by atoms with E-state index in [0.29, 0.717) is 22.6 Å². The van der Waals surface area contributed by atoms with E-state index >= 15 is 0 Å². The lowest BCUT2D eigenvalue weighted by Crippen LogP contribution is -2.22. The van der Waals surface area contributed by atoms with Crippen LogP contribution in [-0.4, -0.2) is 38.7 Å². The summed E-state index contributed by atoms with van der Waals surface area (Å²) >= 11 is 2.37. The van der Waals surface area contributed by atoms with Crippen LogP contribution in [0, 0.1) is 0 Å². The van der Waals surface area contributed by atoms with Crippen LogP contribution < -0.4 is 16.8 Å². The number of thiazole rings is 1. The number of nitrogens with one attached hydrogen (secondary N) is 1. The summed E-state index contributed by atoms with van der Waals surface area (Å²) in [6, 6.07) is 1.44. The fraction of sp³-hybridized carbons (Fsp3) is 0.357. The Balaban J connectivity index is 1.92. The number of carbonyl (C=O) groups is 2. The predicted molar refractivity (Wildman–Crippen MR) is 97.3 cm³/mol. The third-order valence-electron chi connectivity index (χ3n) is 2.81. The van der Waals surface area contributed by atoms with E-state index < -0.39 is 5.25 Å². The average molecular weight is 382 g/mol. The van der Waals surface area contributed by atoms with Crippen molar-refractivity contribution in [2.75, 3.05) is 23.4 Å². The second-order valence-corrected chi connectivity index (χ2v) is 7.04. The summed E-state index contributed by atoms with van der Waals surface area (Å²) < 4.78 is 4.86. The number of hydrogen-bond donors (Lipinski definition) is 3. The van der Waals surface area contributed by atoms with Crippen LogP contribution in [0.1, 0.15) is 19.5 Å². The number of nitrogens with two attached hydrogens (primary N) is 2. The van der Waals surface area contributed by atoms with E-state index in [1.807, 2.05) is 0 Å². The van der Waals surface area contributed by atoms with Crippen molar-refractivity contribution in [3.63, 3.8) is 0 Å². The van der Waals surface area contributed by atoms with Crippen molar-refractivity contribution in [2.24, 2.45) is 0 Å². The molecule has 1 unspecified atom stereocenters. The summed E-state index contributed by atoms with van der Waals surface area (Å²) in [6.07, 6.45) is 0.0704. The van der Waals surface area contributed by atoms with Crippen molar-refractivity contribution in [1.82, 2.24) is 15.0 Å².